The number of halogens is 3. The zero-order chi connectivity index (χ0) is 23.8. The lowest BCUT2D eigenvalue weighted by molar-refractivity contribution is 0.0833. The average Bonchev–Trinajstić information content (AvgIpc) is 3.69. The molecule has 1 N–H and O–H groups in total. The van der Waals surface area contributed by atoms with Crippen molar-refractivity contribution < 1.29 is 18.1 Å². The summed E-state index contributed by atoms with van der Waals surface area (Å²) in [4.78, 5) is 14.8. The fourth-order valence-electron chi connectivity index (χ4n) is 4.41. The number of hydrogen-bond acceptors (Lipinski definition) is 4. The Bertz CT molecular complexity index is 1100. The Labute approximate surface area is 211 Å². The summed E-state index contributed by atoms with van der Waals surface area (Å²) in [5.74, 6) is -0.517. The molecule has 1 saturated heterocycles. The molecule has 2 saturated carbocycles. The molecule has 0 aromatic heterocycles. The number of benzene rings is 2. The maximum absolute atomic E-state index is 15.0. The molecule has 1 heterocycles. The van der Waals surface area contributed by atoms with Crippen molar-refractivity contribution in [3.05, 3.63) is 62.9 Å². The highest BCUT2D eigenvalue weighted by molar-refractivity contribution is 7.84. The molecule has 1 amide bonds. The minimum absolute atomic E-state index is 0.00702. The maximum Gasteiger partial charge on any atom is 0.265 e. The van der Waals surface area contributed by atoms with Gasteiger partial charge in [0.15, 0.2) is 0 Å². The van der Waals surface area contributed by atoms with Gasteiger partial charge in [-0.15, -0.1) is 0 Å². The number of nitrogens with one attached hydrogen (secondary N) is 1. The Kier molecular flexibility index (Phi) is 7.17. The van der Waals surface area contributed by atoms with Gasteiger partial charge in [0, 0.05) is 34.8 Å². The topological polar surface area (TPSA) is 58.6 Å². The molecule has 2 aliphatic carbocycles. The van der Waals surface area contributed by atoms with Gasteiger partial charge in [-0.1, -0.05) is 29.3 Å². The smallest absolute Gasteiger partial charge is 0.265 e. The lowest BCUT2D eigenvalue weighted by Gasteiger charge is -2.33. The van der Waals surface area contributed by atoms with Crippen LogP contribution in [0.15, 0.2) is 30.3 Å². The Morgan fingerprint density at radius 1 is 1.15 bits per heavy atom. The quantitative estimate of drug-likeness (QED) is 0.487. The molecular weight excluding hydrogens is 498 g/mol. The van der Waals surface area contributed by atoms with Crippen molar-refractivity contribution in [2.45, 2.75) is 62.3 Å². The van der Waals surface area contributed by atoms with Crippen molar-refractivity contribution >= 4 is 40.1 Å². The molecule has 1 aliphatic heterocycles. The average molecular weight is 525 g/mol. The van der Waals surface area contributed by atoms with Crippen LogP contribution in [0.5, 0.6) is 5.75 Å². The number of likely N-dealkylation sites (tertiary alicyclic amines) is 1. The molecule has 5 nitrogen and oxygen atoms in total. The Balaban J connectivity index is 1.30. The van der Waals surface area contributed by atoms with E-state index in [2.05, 4.69) is 9.62 Å². The first-order chi connectivity index (χ1) is 16.4. The number of rotatable bonds is 8. The number of ether oxygens (including phenoxy) is 1. The second-order valence-corrected chi connectivity index (χ2v) is 11.7. The lowest BCUT2D eigenvalue weighted by atomic mass is 10.0. The highest BCUT2D eigenvalue weighted by Gasteiger charge is 2.33. The van der Waals surface area contributed by atoms with Crippen molar-refractivity contribution in [1.82, 2.24) is 9.62 Å². The summed E-state index contributed by atoms with van der Waals surface area (Å²) in [6, 6.07) is 8.42. The molecule has 9 heteroatoms. The largest absolute Gasteiger partial charge is 0.489 e. The molecule has 2 aromatic carbocycles. The van der Waals surface area contributed by atoms with E-state index in [1.54, 1.807) is 6.07 Å². The minimum atomic E-state index is -1.46. The predicted molar refractivity (Wildman–Crippen MR) is 132 cm³/mol. The van der Waals surface area contributed by atoms with Crippen molar-refractivity contribution in [1.29, 1.82) is 0 Å². The first-order valence-electron chi connectivity index (χ1n) is 11.8. The van der Waals surface area contributed by atoms with Gasteiger partial charge < -0.3 is 4.74 Å². The molecule has 182 valence electrons. The van der Waals surface area contributed by atoms with Gasteiger partial charge >= 0.3 is 0 Å². The van der Waals surface area contributed by atoms with Gasteiger partial charge in [0.25, 0.3) is 5.91 Å². The molecule has 34 heavy (non-hydrogen) atoms. The van der Waals surface area contributed by atoms with Crippen LogP contribution in [0.3, 0.4) is 0 Å². The van der Waals surface area contributed by atoms with Crippen molar-refractivity contribution in [2.24, 2.45) is 0 Å². The molecule has 2 aromatic rings. The third-order valence-electron chi connectivity index (χ3n) is 6.58. The van der Waals surface area contributed by atoms with Crippen molar-refractivity contribution in [3.63, 3.8) is 0 Å². The molecule has 2 atom stereocenters. The summed E-state index contributed by atoms with van der Waals surface area (Å²) in [7, 11) is -1.46. The first kappa shape index (κ1) is 24.0. The number of nitrogens with zero attached hydrogens (tertiary/aromatic N) is 1. The molecule has 3 aliphatic rings. The number of hydrogen-bond donors (Lipinski definition) is 1. The van der Waals surface area contributed by atoms with Crippen molar-refractivity contribution in [2.75, 3.05) is 13.1 Å². The fourth-order valence-corrected chi connectivity index (χ4v) is 5.95. The molecule has 2 unspecified atom stereocenters. The zero-order valence-electron chi connectivity index (χ0n) is 18.7. The highest BCUT2D eigenvalue weighted by Crippen LogP contribution is 2.45. The van der Waals surface area contributed by atoms with Crippen LogP contribution in [-0.2, 0) is 17.5 Å². The van der Waals surface area contributed by atoms with Crippen LogP contribution in [0.2, 0.25) is 10.0 Å². The summed E-state index contributed by atoms with van der Waals surface area (Å²) in [5.41, 5.74) is 1.69. The third-order valence-corrected chi connectivity index (χ3v) is 8.75. The summed E-state index contributed by atoms with van der Waals surface area (Å²) < 4.78 is 35.8. The second kappa shape index (κ2) is 10.1. The Morgan fingerprint density at radius 3 is 2.56 bits per heavy atom. The van der Waals surface area contributed by atoms with E-state index in [0.717, 1.165) is 56.2 Å². The van der Waals surface area contributed by atoms with Gasteiger partial charge in [-0.2, -0.15) is 0 Å². The summed E-state index contributed by atoms with van der Waals surface area (Å²) in [6.07, 6.45) is 5.34. The molecule has 0 spiro atoms. The van der Waals surface area contributed by atoms with E-state index in [-0.39, 0.29) is 22.8 Å². The van der Waals surface area contributed by atoms with E-state index >= 15 is 0 Å². The van der Waals surface area contributed by atoms with Crippen molar-refractivity contribution in [3.8, 4) is 5.75 Å². The number of amides is 1. The predicted octanol–water partition coefficient (Wildman–Crippen LogP) is 5.61. The van der Waals surface area contributed by atoms with Crippen LogP contribution < -0.4 is 9.46 Å². The summed E-state index contributed by atoms with van der Waals surface area (Å²) in [6.45, 7) is 2.21. The van der Waals surface area contributed by atoms with Gasteiger partial charge in [0.2, 0.25) is 0 Å². The summed E-state index contributed by atoms with van der Waals surface area (Å²) >= 11 is 12.7. The van der Waals surface area contributed by atoms with Crippen LogP contribution >= 0.6 is 23.2 Å². The van der Waals surface area contributed by atoms with Gasteiger partial charge in [-0.3, -0.25) is 14.4 Å². The van der Waals surface area contributed by atoms with E-state index < -0.39 is 22.7 Å². The van der Waals surface area contributed by atoms with E-state index in [9.17, 15) is 13.4 Å². The molecule has 0 bridgehead atoms. The third kappa shape index (κ3) is 5.59. The van der Waals surface area contributed by atoms with E-state index in [1.807, 2.05) is 18.2 Å². The standard InChI is InChI=1S/C25H27Cl2FN2O3S/c26-21-4-1-5-22(27)20(21)14-30-10-2-3-16(13-30)33-24-12-23(28)19(11-18(24)15-6-7-15)25(31)29-34(32)17-8-9-17/h1,4-5,11-12,15-17H,2-3,6-10,13-14H2,(H,29,31). The van der Waals surface area contributed by atoms with Crippen LogP contribution in [-0.4, -0.2) is 39.5 Å². The Morgan fingerprint density at radius 2 is 1.88 bits per heavy atom. The highest BCUT2D eigenvalue weighted by atomic mass is 35.5. The second-order valence-electron chi connectivity index (χ2n) is 9.39. The number of piperidine rings is 1. The van der Waals surface area contributed by atoms with E-state index in [1.165, 1.54) is 6.07 Å². The van der Waals surface area contributed by atoms with Crippen LogP contribution in [0, 0.1) is 5.82 Å². The maximum atomic E-state index is 15.0. The van der Waals surface area contributed by atoms with Crippen LogP contribution in [0.4, 0.5) is 4.39 Å². The number of carbonyl (C=O) groups is 1. The van der Waals surface area contributed by atoms with Gasteiger partial charge in [0.1, 0.15) is 28.7 Å². The van der Waals surface area contributed by atoms with E-state index in [4.69, 9.17) is 27.9 Å². The normalized spacial score (nSPS) is 21.8. The molecule has 0 radical (unpaired) electrons. The monoisotopic (exact) mass is 524 g/mol. The lowest BCUT2D eigenvalue weighted by Crippen LogP contribution is -2.40. The van der Waals surface area contributed by atoms with E-state index in [0.29, 0.717) is 28.9 Å². The molecular formula is C25H27Cl2FN2O3S. The summed E-state index contributed by atoms with van der Waals surface area (Å²) in [5, 5.41) is 1.28. The number of carbonyl (C=O) groups excluding carboxylic acids is 1. The minimum Gasteiger partial charge on any atom is -0.489 e. The fraction of sp³-hybridized carbons (Fsp3) is 0.480. The zero-order valence-corrected chi connectivity index (χ0v) is 21.0. The SMILES string of the molecule is O=C(NS(=O)C1CC1)c1cc(C2CC2)c(OC2CCCN(Cc3c(Cl)cccc3Cl)C2)cc1F. The van der Waals surface area contributed by atoms with Gasteiger partial charge in [-0.05, 0) is 74.8 Å². The first-order valence-corrected chi connectivity index (χ1v) is 13.7. The van der Waals surface area contributed by atoms with Crippen LogP contribution in [0.1, 0.15) is 65.9 Å². The van der Waals surface area contributed by atoms with Crippen LogP contribution in [0.25, 0.3) is 0 Å². The Hall–Kier alpha value is -1.67. The van der Waals surface area contributed by atoms with Gasteiger partial charge in [-0.25, -0.2) is 8.60 Å². The molecule has 3 fully saturated rings. The molecule has 5 rings (SSSR count). The van der Waals surface area contributed by atoms with Gasteiger partial charge in [0.05, 0.1) is 10.8 Å².